The van der Waals surface area contributed by atoms with Crippen LogP contribution < -0.4 is 5.32 Å². The summed E-state index contributed by atoms with van der Waals surface area (Å²) >= 11 is 0. The Morgan fingerprint density at radius 2 is 1.69 bits per heavy atom. The van der Waals surface area contributed by atoms with Gasteiger partial charge in [-0.05, 0) is 50.7 Å². The van der Waals surface area contributed by atoms with Crippen LogP contribution in [0.3, 0.4) is 0 Å². The van der Waals surface area contributed by atoms with E-state index < -0.39 is 0 Å². The molecular formula is C14H28N2. The maximum absolute atomic E-state index is 3.42. The van der Waals surface area contributed by atoms with Crippen LogP contribution in [0.1, 0.15) is 51.9 Å². The highest BCUT2D eigenvalue weighted by atomic mass is 15.1. The summed E-state index contributed by atoms with van der Waals surface area (Å²) in [6.45, 7) is 8.43. The molecule has 1 spiro atoms. The van der Waals surface area contributed by atoms with Gasteiger partial charge in [-0.1, -0.05) is 26.2 Å². The van der Waals surface area contributed by atoms with Gasteiger partial charge in [-0.2, -0.15) is 0 Å². The molecule has 0 aromatic heterocycles. The van der Waals surface area contributed by atoms with Crippen LogP contribution in [0.4, 0.5) is 0 Å². The normalized spacial score (nSPS) is 26.1. The first-order valence-corrected chi connectivity index (χ1v) is 7.28. The van der Waals surface area contributed by atoms with Crippen molar-refractivity contribution < 1.29 is 0 Å². The van der Waals surface area contributed by atoms with Gasteiger partial charge in [-0.15, -0.1) is 0 Å². The lowest BCUT2D eigenvalue weighted by molar-refractivity contribution is 0.0684. The second kappa shape index (κ2) is 6.02. The minimum absolute atomic E-state index is 0.771. The van der Waals surface area contributed by atoms with Crippen LogP contribution in [0.15, 0.2) is 0 Å². The van der Waals surface area contributed by atoms with Crippen molar-refractivity contribution in [3.05, 3.63) is 0 Å². The molecule has 1 N–H and O–H groups in total. The Kier molecular flexibility index (Phi) is 4.66. The van der Waals surface area contributed by atoms with Gasteiger partial charge in [-0.25, -0.2) is 0 Å². The van der Waals surface area contributed by atoms with E-state index in [1.165, 1.54) is 71.1 Å². The molecule has 2 aliphatic rings. The minimum Gasteiger partial charge on any atom is -0.316 e. The summed E-state index contributed by atoms with van der Waals surface area (Å²) < 4.78 is 0. The van der Waals surface area contributed by atoms with Crippen molar-refractivity contribution in [3.63, 3.8) is 0 Å². The van der Waals surface area contributed by atoms with Gasteiger partial charge in [0.15, 0.2) is 0 Å². The highest BCUT2D eigenvalue weighted by Crippen LogP contribution is 2.44. The number of hydrogen-bond acceptors (Lipinski definition) is 2. The van der Waals surface area contributed by atoms with Gasteiger partial charge in [0, 0.05) is 13.1 Å². The lowest BCUT2D eigenvalue weighted by atomic mass is 9.68. The van der Waals surface area contributed by atoms with Crippen LogP contribution in [0.2, 0.25) is 0 Å². The zero-order chi connectivity index (χ0) is 11.3. The summed E-state index contributed by atoms with van der Waals surface area (Å²) in [5, 5.41) is 3.42. The molecule has 1 saturated heterocycles. The Labute approximate surface area is 101 Å². The summed E-state index contributed by atoms with van der Waals surface area (Å²) in [6.07, 6.45) is 10.5. The SMILES string of the molecule is CCNCCN1CCC2(CCCCC2)CC1. The van der Waals surface area contributed by atoms with Crippen LogP contribution in [-0.4, -0.2) is 37.6 Å². The zero-order valence-electron chi connectivity index (χ0n) is 10.9. The van der Waals surface area contributed by atoms with E-state index in [2.05, 4.69) is 17.1 Å². The van der Waals surface area contributed by atoms with E-state index in [-0.39, 0.29) is 0 Å². The van der Waals surface area contributed by atoms with E-state index >= 15 is 0 Å². The van der Waals surface area contributed by atoms with Gasteiger partial charge in [0.2, 0.25) is 0 Å². The number of likely N-dealkylation sites (N-methyl/N-ethyl adjacent to an activating group) is 1. The van der Waals surface area contributed by atoms with E-state index in [0.29, 0.717) is 0 Å². The lowest BCUT2D eigenvalue weighted by Gasteiger charge is -2.44. The molecule has 16 heavy (non-hydrogen) atoms. The van der Waals surface area contributed by atoms with Gasteiger partial charge in [0.05, 0.1) is 0 Å². The zero-order valence-corrected chi connectivity index (χ0v) is 10.9. The third-order valence-electron chi connectivity index (χ3n) is 4.69. The maximum Gasteiger partial charge on any atom is 0.0107 e. The topological polar surface area (TPSA) is 15.3 Å². The van der Waals surface area contributed by atoms with Crippen molar-refractivity contribution >= 4 is 0 Å². The predicted octanol–water partition coefficient (Wildman–Crippen LogP) is 2.64. The summed E-state index contributed by atoms with van der Waals surface area (Å²) in [7, 11) is 0. The van der Waals surface area contributed by atoms with Gasteiger partial charge in [0.25, 0.3) is 0 Å². The standard InChI is InChI=1S/C14H28N2/c1-2-15-10-13-16-11-8-14(9-12-16)6-4-3-5-7-14/h15H,2-13H2,1H3. The number of nitrogens with zero attached hydrogens (tertiary/aromatic N) is 1. The van der Waals surface area contributed by atoms with Crippen LogP contribution in [-0.2, 0) is 0 Å². The molecule has 1 saturated carbocycles. The highest BCUT2D eigenvalue weighted by molar-refractivity contribution is 4.88. The van der Waals surface area contributed by atoms with Crippen molar-refractivity contribution in [2.75, 3.05) is 32.7 Å². The van der Waals surface area contributed by atoms with Crippen molar-refractivity contribution in [1.29, 1.82) is 0 Å². The molecule has 0 bridgehead atoms. The summed E-state index contributed by atoms with van der Waals surface area (Å²) in [6, 6.07) is 0. The van der Waals surface area contributed by atoms with Crippen molar-refractivity contribution in [2.45, 2.75) is 51.9 Å². The molecule has 2 nitrogen and oxygen atoms in total. The Hall–Kier alpha value is -0.0800. The third kappa shape index (κ3) is 3.21. The number of likely N-dealkylation sites (tertiary alicyclic amines) is 1. The minimum atomic E-state index is 0.771. The Morgan fingerprint density at radius 1 is 1.00 bits per heavy atom. The first kappa shape index (κ1) is 12.4. The molecule has 1 heterocycles. The molecule has 94 valence electrons. The molecule has 1 aliphatic carbocycles. The summed E-state index contributed by atoms with van der Waals surface area (Å²) in [4.78, 5) is 2.66. The fourth-order valence-corrected chi connectivity index (χ4v) is 3.47. The number of rotatable bonds is 4. The Balaban J connectivity index is 1.69. The average molecular weight is 224 g/mol. The molecular weight excluding hydrogens is 196 g/mol. The number of piperidine rings is 1. The van der Waals surface area contributed by atoms with Gasteiger partial charge >= 0.3 is 0 Å². The molecule has 0 atom stereocenters. The molecule has 0 unspecified atom stereocenters. The molecule has 1 aliphatic heterocycles. The lowest BCUT2D eigenvalue weighted by Crippen LogP contribution is -2.43. The number of nitrogens with one attached hydrogen (secondary N) is 1. The van der Waals surface area contributed by atoms with Crippen LogP contribution >= 0.6 is 0 Å². The average Bonchev–Trinajstić information content (AvgIpc) is 2.33. The van der Waals surface area contributed by atoms with Crippen LogP contribution in [0.5, 0.6) is 0 Å². The Bertz CT molecular complexity index is 187. The smallest absolute Gasteiger partial charge is 0.0107 e. The molecule has 2 heteroatoms. The van der Waals surface area contributed by atoms with E-state index in [4.69, 9.17) is 0 Å². The molecule has 0 aromatic rings. The predicted molar refractivity (Wildman–Crippen MR) is 69.7 cm³/mol. The monoisotopic (exact) mass is 224 g/mol. The molecule has 2 rings (SSSR count). The van der Waals surface area contributed by atoms with Crippen LogP contribution in [0, 0.1) is 5.41 Å². The van der Waals surface area contributed by atoms with Gasteiger partial charge in [0.1, 0.15) is 0 Å². The first-order valence-electron chi connectivity index (χ1n) is 7.28. The van der Waals surface area contributed by atoms with Crippen LogP contribution in [0.25, 0.3) is 0 Å². The summed E-state index contributed by atoms with van der Waals surface area (Å²) in [5.41, 5.74) is 0.771. The summed E-state index contributed by atoms with van der Waals surface area (Å²) in [5.74, 6) is 0. The van der Waals surface area contributed by atoms with Crippen molar-refractivity contribution in [2.24, 2.45) is 5.41 Å². The molecule has 0 aromatic carbocycles. The Morgan fingerprint density at radius 3 is 2.31 bits per heavy atom. The maximum atomic E-state index is 3.42. The van der Waals surface area contributed by atoms with E-state index in [1.54, 1.807) is 0 Å². The first-order chi connectivity index (χ1) is 7.85. The van der Waals surface area contributed by atoms with Crippen molar-refractivity contribution in [1.82, 2.24) is 10.2 Å². The molecule has 0 radical (unpaired) electrons. The quantitative estimate of drug-likeness (QED) is 0.739. The van der Waals surface area contributed by atoms with Gasteiger partial charge in [-0.3, -0.25) is 0 Å². The fourth-order valence-electron chi connectivity index (χ4n) is 3.47. The highest BCUT2D eigenvalue weighted by Gasteiger charge is 2.34. The third-order valence-corrected chi connectivity index (χ3v) is 4.69. The number of hydrogen-bond donors (Lipinski definition) is 1. The second-order valence-electron chi connectivity index (χ2n) is 5.76. The van der Waals surface area contributed by atoms with Gasteiger partial charge < -0.3 is 10.2 Å². The van der Waals surface area contributed by atoms with E-state index in [0.717, 1.165) is 12.0 Å². The fraction of sp³-hybridized carbons (Fsp3) is 1.00. The molecule has 2 fully saturated rings. The second-order valence-corrected chi connectivity index (χ2v) is 5.76. The van der Waals surface area contributed by atoms with E-state index in [1.807, 2.05) is 0 Å². The van der Waals surface area contributed by atoms with E-state index in [9.17, 15) is 0 Å². The molecule has 0 amide bonds. The largest absolute Gasteiger partial charge is 0.316 e. The van der Waals surface area contributed by atoms with Crippen molar-refractivity contribution in [3.8, 4) is 0 Å².